The molecule has 3 rings (SSSR count). The molecule has 0 aliphatic carbocycles. The fourth-order valence-corrected chi connectivity index (χ4v) is 3.62. The van der Waals surface area contributed by atoms with Gasteiger partial charge in [0.25, 0.3) is 0 Å². The second kappa shape index (κ2) is 8.27. The molecule has 2 aliphatic heterocycles. The van der Waals surface area contributed by atoms with E-state index in [1.807, 2.05) is 6.26 Å². The van der Waals surface area contributed by atoms with E-state index < -0.39 is 0 Å². The van der Waals surface area contributed by atoms with E-state index >= 15 is 0 Å². The van der Waals surface area contributed by atoms with E-state index in [0.717, 1.165) is 44.4 Å². The lowest BCUT2D eigenvalue weighted by molar-refractivity contribution is 0.0301. The summed E-state index contributed by atoms with van der Waals surface area (Å²) in [5, 5.41) is 0. The van der Waals surface area contributed by atoms with E-state index in [1.165, 1.54) is 38.8 Å². The quantitative estimate of drug-likeness (QED) is 0.806. The highest BCUT2D eigenvalue weighted by atomic mass is 16.5. The number of morpholine rings is 1. The Morgan fingerprint density at radius 2 is 2.04 bits per heavy atom. The molecule has 0 aromatic carbocycles. The first-order valence-corrected chi connectivity index (χ1v) is 9.21. The summed E-state index contributed by atoms with van der Waals surface area (Å²) in [6.07, 6.45) is 7.10. The highest BCUT2D eigenvalue weighted by Gasteiger charge is 2.24. The maximum absolute atomic E-state index is 5.60. The highest BCUT2D eigenvalue weighted by molar-refractivity contribution is 5.00. The Hall–Kier alpha value is -0.910. The first kappa shape index (κ1) is 16.9. The van der Waals surface area contributed by atoms with Gasteiger partial charge in [0.2, 0.25) is 0 Å². The SMILES string of the molecule is CC(C)c1nc(CN2CCCC[C@@H]2CCN2CCOCC2)co1. The zero-order chi connectivity index (χ0) is 16.1. The third-order valence-corrected chi connectivity index (χ3v) is 5.06. The van der Waals surface area contributed by atoms with Gasteiger partial charge in [0.05, 0.1) is 18.9 Å². The monoisotopic (exact) mass is 321 g/mol. The van der Waals surface area contributed by atoms with Gasteiger partial charge in [0.1, 0.15) is 6.26 Å². The normalized spacial score (nSPS) is 24.4. The number of nitrogens with zero attached hydrogens (tertiary/aromatic N) is 3. The average Bonchev–Trinajstić information content (AvgIpc) is 3.04. The molecular weight excluding hydrogens is 290 g/mol. The summed E-state index contributed by atoms with van der Waals surface area (Å²) >= 11 is 0. The second-order valence-corrected chi connectivity index (χ2v) is 7.19. The van der Waals surface area contributed by atoms with Crippen molar-refractivity contribution in [2.75, 3.05) is 39.4 Å². The van der Waals surface area contributed by atoms with Crippen LogP contribution in [0.25, 0.3) is 0 Å². The molecule has 130 valence electrons. The molecule has 2 fully saturated rings. The van der Waals surface area contributed by atoms with Crippen LogP contribution >= 0.6 is 0 Å². The van der Waals surface area contributed by atoms with E-state index in [2.05, 4.69) is 28.6 Å². The molecule has 1 atom stereocenters. The van der Waals surface area contributed by atoms with E-state index in [9.17, 15) is 0 Å². The lowest BCUT2D eigenvalue weighted by Crippen LogP contribution is -2.43. The Morgan fingerprint density at radius 1 is 1.22 bits per heavy atom. The van der Waals surface area contributed by atoms with Crippen molar-refractivity contribution in [3.63, 3.8) is 0 Å². The van der Waals surface area contributed by atoms with Crippen LogP contribution in [0, 0.1) is 0 Å². The average molecular weight is 321 g/mol. The topological polar surface area (TPSA) is 41.7 Å². The highest BCUT2D eigenvalue weighted by Crippen LogP contribution is 2.23. The largest absolute Gasteiger partial charge is 0.448 e. The van der Waals surface area contributed by atoms with Gasteiger partial charge in [0, 0.05) is 31.6 Å². The van der Waals surface area contributed by atoms with Gasteiger partial charge in [-0.25, -0.2) is 4.98 Å². The molecule has 2 saturated heterocycles. The molecule has 0 radical (unpaired) electrons. The molecule has 0 amide bonds. The lowest BCUT2D eigenvalue weighted by atomic mass is 9.99. The van der Waals surface area contributed by atoms with E-state index in [4.69, 9.17) is 9.15 Å². The first-order chi connectivity index (χ1) is 11.2. The number of hydrogen-bond acceptors (Lipinski definition) is 5. The molecule has 2 aliphatic rings. The third-order valence-electron chi connectivity index (χ3n) is 5.06. The molecule has 0 N–H and O–H groups in total. The summed E-state index contributed by atoms with van der Waals surface area (Å²) in [7, 11) is 0. The number of rotatable bonds is 6. The van der Waals surface area contributed by atoms with Gasteiger partial charge in [-0.2, -0.15) is 0 Å². The predicted octanol–water partition coefficient (Wildman–Crippen LogP) is 2.87. The van der Waals surface area contributed by atoms with Crippen molar-refractivity contribution in [2.45, 2.75) is 58.0 Å². The van der Waals surface area contributed by atoms with Crippen LogP contribution in [0.15, 0.2) is 10.7 Å². The summed E-state index contributed by atoms with van der Waals surface area (Å²) < 4.78 is 11.0. The Balaban J connectivity index is 1.52. The Kier molecular flexibility index (Phi) is 6.08. The molecular formula is C18H31N3O2. The van der Waals surface area contributed by atoms with Crippen molar-refractivity contribution in [3.05, 3.63) is 17.8 Å². The standard InChI is InChI=1S/C18H31N3O2/c1-15(2)18-19-16(14-23-18)13-21-7-4-3-5-17(21)6-8-20-9-11-22-12-10-20/h14-15,17H,3-13H2,1-2H3/t17-/m1/s1. The van der Waals surface area contributed by atoms with Gasteiger partial charge in [-0.3, -0.25) is 9.80 Å². The van der Waals surface area contributed by atoms with Gasteiger partial charge in [-0.1, -0.05) is 20.3 Å². The molecule has 1 aromatic rings. The molecule has 3 heterocycles. The minimum absolute atomic E-state index is 0.363. The summed E-state index contributed by atoms with van der Waals surface area (Å²) in [4.78, 5) is 9.81. The van der Waals surface area contributed by atoms with Crippen LogP contribution in [0.5, 0.6) is 0 Å². The predicted molar refractivity (Wildman–Crippen MR) is 90.5 cm³/mol. The fourth-order valence-electron chi connectivity index (χ4n) is 3.62. The molecule has 0 bridgehead atoms. The zero-order valence-electron chi connectivity index (χ0n) is 14.7. The summed E-state index contributed by atoms with van der Waals surface area (Å²) in [5.41, 5.74) is 1.09. The van der Waals surface area contributed by atoms with Crippen molar-refractivity contribution in [1.82, 2.24) is 14.8 Å². The van der Waals surface area contributed by atoms with Crippen molar-refractivity contribution in [2.24, 2.45) is 0 Å². The maximum atomic E-state index is 5.60. The number of likely N-dealkylation sites (tertiary alicyclic amines) is 1. The van der Waals surface area contributed by atoms with Crippen LogP contribution < -0.4 is 0 Å². The van der Waals surface area contributed by atoms with Crippen LogP contribution in [0.3, 0.4) is 0 Å². The fraction of sp³-hybridized carbons (Fsp3) is 0.833. The van der Waals surface area contributed by atoms with Gasteiger partial charge in [-0.15, -0.1) is 0 Å². The zero-order valence-corrected chi connectivity index (χ0v) is 14.7. The van der Waals surface area contributed by atoms with Gasteiger partial charge in [-0.05, 0) is 32.4 Å². The maximum Gasteiger partial charge on any atom is 0.196 e. The number of aromatic nitrogens is 1. The van der Waals surface area contributed by atoms with Crippen LogP contribution in [-0.2, 0) is 11.3 Å². The van der Waals surface area contributed by atoms with Crippen LogP contribution in [0.2, 0.25) is 0 Å². The molecule has 1 aromatic heterocycles. The molecule has 0 unspecified atom stereocenters. The van der Waals surface area contributed by atoms with Crippen LogP contribution in [0.1, 0.15) is 57.0 Å². The summed E-state index contributed by atoms with van der Waals surface area (Å²) in [6.45, 7) is 11.5. The minimum Gasteiger partial charge on any atom is -0.448 e. The molecule has 23 heavy (non-hydrogen) atoms. The van der Waals surface area contributed by atoms with Gasteiger partial charge >= 0.3 is 0 Å². The van der Waals surface area contributed by atoms with Crippen molar-refractivity contribution >= 4 is 0 Å². The van der Waals surface area contributed by atoms with Crippen molar-refractivity contribution in [3.8, 4) is 0 Å². The summed E-state index contributed by atoms with van der Waals surface area (Å²) in [6, 6.07) is 0.686. The number of ether oxygens (including phenoxy) is 1. The van der Waals surface area contributed by atoms with E-state index in [0.29, 0.717) is 12.0 Å². The van der Waals surface area contributed by atoms with E-state index in [-0.39, 0.29) is 0 Å². The van der Waals surface area contributed by atoms with E-state index in [1.54, 1.807) is 0 Å². The Labute approximate surface area is 140 Å². The third kappa shape index (κ3) is 4.78. The first-order valence-electron chi connectivity index (χ1n) is 9.21. The van der Waals surface area contributed by atoms with Crippen LogP contribution in [0.4, 0.5) is 0 Å². The Bertz CT molecular complexity index is 469. The van der Waals surface area contributed by atoms with Crippen LogP contribution in [-0.4, -0.2) is 60.2 Å². The molecule has 0 saturated carbocycles. The van der Waals surface area contributed by atoms with Crippen molar-refractivity contribution < 1.29 is 9.15 Å². The van der Waals surface area contributed by atoms with Crippen molar-refractivity contribution in [1.29, 1.82) is 0 Å². The summed E-state index contributed by atoms with van der Waals surface area (Å²) in [5.74, 6) is 1.23. The van der Waals surface area contributed by atoms with Gasteiger partial charge < -0.3 is 9.15 Å². The Morgan fingerprint density at radius 3 is 2.78 bits per heavy atom. The number of hydrogen-bond donors (Lipinski definition) is 0. The smallest absolute Gasteiger partial charge is 0.196 e. The second-order valence-electron chi connectivity index (χ2n) is 7.19. The molecule has 0 spiro atoms. The molecule has 5 heteroatoms. The number of piperidine rings is 1. The molecule has 5 nitrogen and oxygen atoms in total. The van der Waals surface area contributed by atoms with Gasteiger partial charge in [0.15, 0.2) is 5.89 Å². The lowest BCUT2D eigenvalue weighted by Gasteiger charge is -2.37. The minimum atomic E-state index is 0.363. The number of oxazole rings is 1.